The topological polar surface area (TPSA) is 72.7 Å². The standard InChI is InChI=1S/C22H27N5O/c1-7-17-12-23-16(5)25-21(17)18-8-10-19(11-9-18)22(28)24-13(2)20-14(3)26-27(6)15(20)4/h8-13H,7H2,1-6H3,(H,24,28)/t13-/m1/s1. The van der Waals surface area contributed by atoms with Gasteiger partial charge in [-0.1, -0.05) is 19.1 Å². The third-order valence-electron chi connectivity index (χ3n) is 5.13. The van der Waals surface area contributed by atoms with Crippen LogP contribution in [0.5, 0.6) is 0 Å². The summed E-state index contributed by atoms with van der Waals surface area (Å²) in [6.07, 6.45) is 2.73. The number of carbonyl (C=O) groups is 1. The molecule has 6 nitrogen and oxygen atoms in total. The fraction of sp³-hybridized carbons (Fsp3) is 0.364. The fourth-order valence-corrected chi connectivity index (χ4v) is 3.55. The summed E-state index contributed by atoms with van der Waals surface area (Å²) in [4.78, 5) is 21.6. The van der Waals surface area contributed by atoms with Crippen LogP contribution in [0, 0.1) is 20.8 Å². The summed E-state index contributed by atoms with van der Waals surface area (Å²) in [5.74, 6) is 0.640. The molecule has 1 aromatic carbocycles. The van der Waals surface area contributed by atoms with Crippen molar-refractivity contribution in [3.05, 3.63) is 64.4 Å². The highest BCUT2D eigenvalue weighted by Crippen LogP contribution is 2.24. The minimum atomic E-state index is -0.114. The van der Waals surface area contributed by atoms with Gasteiger partial charge >= 0.3 is 0 Å². The van der Waals surface area contributed by atoms with Crippen molar-refractivity contribution in [2.45, 2.75) is 47.1 Å². The molecule has 0 fully saturated rings. The van der Waals surface area contributed by atoms with Gasteiger partial charge in [-0.3, -0.25) is 9.48 Å². The van der Waals surface area contributed by atoms with Crippen molar-refractivity contribution < 1.29 is 4.79 Å². The van der Waals surface area contributed by atoms with E-state index in [2.05, 4.69) is 27.3 Å². The van der Waals surface area contributed by atoms with E-state index in [1.807, 2.05) is 69.9 Å². The monoisotopic (exact) mass is 377 g/mol. The van der Waals surface area contributed by atoms with Crippen molar-refractivity contribution >= 4 is 5.91 Å². The van der Waals surface area contributed by atoms with Gasteiger partial charge in [-0.05, 0) is 51.8 Å². The fourth-order valence-electron chi connectivity index (χ4n) is 3.55. The molecule has 0 aliphatic heterocycles. The van der Waals surface area contributed by atoms with Gasteiger partial charge in [-0.15, -0.1) is 0 Å². The zero-order valence-electron chi connectivity index (χ0n) is 17.4. The molecule has 6 heteroatoms. The smallest absolute Gasteiger partial charge is 0.251 e. The Labute approximate surface area is 166 Å². The predicted molar refractivity (Wildman–Crippen MR) is 110 cm³/mol. The Balaban J connectivity index is 1.80. The van der Waals surface area contributed by atoms with E-state index < -0.39 is 0 Å². The number of nitrogens with zero attached hydrogens (tertiary/aromatic N) is 4. The number of carbonyl (C=O) groups excluding carboxylic acids is 1. The lowest BCUT2D eigenvalue weighted by Gasteiger charge is -2.15. The molecule has 0 radical (unpaired) electrons. The van der Waals surface area contributed by atoms with Gasteiger partial charge < -0.3 is 5.32 Å². The minimum Gasteiger partial charge on any atom is -0.345 e. The quantitative estimate of drug-likeness (QED) is 0.733. The summed E-state index contributed by atoms with van der Waals surface area (Å²) in [5, 5.41) is 7.51. The average Bonchev–Trinajstić information content (AvgIpc) is 2.93. The Bertz CT molecular complexity index is 1000. The van der Waals surface area contributed by atoms with Crippen molar-refractivity contribution in [3.8, 4) is 11.3 Å². The van der Waals surface area contributed by atoms with Gasteiger partial charge in [0.25, 0.3) is 5.91 Å². The minimum absolute atomic E-state index is 0.101. The van der Waals surface area contributed by atoms with Crippen LogP contribution in [0.3, 0.4) is 0 Å². The van der Waals surface area contributed by atoms with Crippen LogP contribution in [0.15, 0.2) is 30.5 Å². The number of aromatic nitrogens is 4. The van der Waals surface area contributed by atoms with Gasteiger partial charge in [0, 0.05) is 35.6 Å². The van der Waals surface area contributed by atoms with Crippen LogP contribution in [0.25, 0.3) is 11.3 Å². The number of hydrogen-bond acceptors (Lipinski definition) is 4. The molecule has 28 heavy (non-hydrogen) atoms. The summed E-state index contributed by atoms with van der Waals surface area (Å²) in [5.41, 5.74) is 6.71. The highest BCUT2D eigenvalue weighted by Gasteiger charge is 2.19. The SMILES string of the molecule is CCc1cnc(C)nc1-c1ccc(C(=O)N[C@H](C)c2c(C)nn(C)c2C)cc1. The summed E-state index contributed by atoms with van der Waals surface area (Å²) < 4.78 is 1.84. The Morgan fingerprint density at radius 3 is 2.43 bits per heavy atom. The molecule has 0 saturated heterocycles. The molecule has 1 atom stereocenters. The van der Waals surface area contributed by atoms with Gasteiger partial charge in [-0.2, -0.15) is 5.10 Å². The second kappa shape index (κ2) is 7.92. The Morgan fingerprint density at radius 2 is 1.86 bits per heavy atom. The maximum Gasteiger partial charge on any atom is 0.251 e. The van der Waals surface area contributed by atoms with Crippen molar-refractivity contribution in [2.75, 3.05) is 0 Å². The molecular formula is C22H27N5O. The van der Waals surface area contributed by atoms with Crippen LogP contribution in [-0.4, -0.2) is 25.7 Å². The van der Waals surface area contributed by atoms with E-state index in [0.717, 1.165) is 46.0 Å². The molecule has 146 valence electrons. The summed E-state index contributed by atoms with van der Waals surface area (Å²) in [6.45, 7) is 9.94. The number of nitrogens with one attached hydrogen (secondary N) is 1. The lowest BCUT2D eigenvalue weighted by atomic mass is 10.0. The van der Waals surface area contributed by atoms with Crippen molar-refractivity contribution in [3.63, 3.8) is 0 Å². The molecule has 3 rings (SSSR count). The first-order chi connectivity index (χ1) is 13.3. The van der Waals surface area contributed by atoms with Crippen LogP contribution in [-0.2, 0) is 13.5 Å². The third-order valence-corrected chi connectivity index (χ3v) is 5.13. The first kappa shape index (κ1) is 19.7. The number of hydrogen-bond donors (Lipinski definition) is 1. The maximum absolute atomic E-state index is 12.7. The van der Waals surface area contributed by atoms with Crippen LogP contribution >= 0.6 is 0 Å². The third kappa shape index (κ3) is 3.81. The second-order valence-electron chi connectivity index (χ2n) is 7.13. The lowest BCUT2D eigenvalue weighted by Crippen LogP contribution is -2.27. The lowest BCUT2D eigenvalue weighted by molar-refractivity contribution is 0.0940. The summed E-state index contributed by atoms with van der Waals surface area (Å²) >= 11 is 0. The molecule has 0 bridgehead atoms. The average molecular weight is 377 g/mol. The van der Waals surface area contributed by atoms with Gasteiger partial charge in [0.2, 0.25) is 0 Å². The predicted octanol–water partition coefficient (Wildman–Crippen LogP) is 3.86. The van der Waals surface area contributed by atoms with Gasteiger partial charge in [0.15, 0.2) is 0 Å². The first-order valence-corrected chi connectivity index (χ1v) is 9.55. The Kier molecular flexibility index (Phi) is 5.58. The maximum atomic E-state index is 12.7. The molecule has 0 saturated carbocycles. The van der Waals surface area contributed by atoms with Crippen LogP contribution < -0.4 is 5.32 Å². The van der Waals surface area contributed by atoms with Gasteiger partial charge in [-0.25, -0.2) is 9.97 Å². The first-order valence-electron chi connectivity index (χ1n) is 9.55. The van der Waals surface area contributed by atoms with Gasteiger partial charge in [0.1, 0.15) is 5.82 Å². The van der Waals surface area contributed by atoms with Crippen LogP contribution in [0.1, 0.15) is 58.6 Å². The van der Waals surface area contributed by atoms with Crippen molar-refractivity contribution in [2.24, 2.45) is 7.05 Å². The second-order valence-corrected chi connectivity index (χ2v) is 7.13. The molecule has 1 N–H and O–H groups in total. The van der Waals surface area contributed by atoms with E-state index >= 15 is 0 Å². The number of rotatable bonds is 5. The van der Waals surface area contributed by atoms with E-state index in [4.69, 9.17) is 0 Å². The highest BCUT2D eigenvalue weighted by atomic mass is 16.1. The number of aryl methyl sites for hydroxylation is 4. The molecular weight excluding hydrogens is 350 g/mol. The Hall–Kier alpha value is -3.02. The zero-order chi connectivity index (χ0) is 20.4. The summed E-state index contributed by atoms with van der Waals surface area (Å²) in [7, 11) is 1.92. The zero-order valence-corrected chi connectivity index (χ0v) is 17.4. The highest BCUT2D eigenvalue weighted by molar-refractivity contribution is 5.95. The Morgan fingerprint density at radius 1 is 1.18 bits per heavy atom. The van der Waals surface area contributed by atoms with E-state index in [1.54, 1.807) is 0 Å². The van der Waals surface area contributed by atoms with Crippen LogP contribution in [0.2, 0.25) is 0 Å². The van der Waals surface area contributed by atoms with E-state index in [1.165, 1.54) is 0 Å². The summed E-state index contributed by atoms with van der Waals surface area (Å²) in [6, 6.07) is 7.47. The van der Waals surface area contributed by atoms with Crippen molar-refractivity contribution in [1.82, 2.24) is 25.1 Å². The van der Waals surface area contributed by atoms with Gasteiger partial charge in [0.05, 0.1) is 17.4 Å². The molecule has 1 amide bonds. The van der Waals surface area contributed by atoms with E-state index in [0.29, 0.717) is 5.56 Å². The number of benzene rings is 1. The largest absolute Gasteiger partial charge is 0.345 e. The normalized spacial score (nSPS) is 12.1. The molecule has 2 heterocycles. The number of amides is 1. The molecule has 0 spiro atoms. The van der Waals surface area contributed by atoms with E-state index in [-0.39, 0.29) is 11.9 Å². The van der Waals surface area contributed by atoms with E-state index in [9.17, 15) is 4.79 Å². The molecule has 3 aromatic rings. The molecule has 0 unspecified atom stereocenters. The molecule has 0 aliphatic rings. The van der Waals surface area contributed by atoms with Crippen LogP contribution in [0.4, 0.5) is 0 Å². The van der Waals surface area contributed by atoms with Crippen molar-refractivity contribution in [1.29, 1.82) is 0 Å². The molecule has 2 aromatic heterocycles. The molecule has 0 aliphatic carbocycles.